The van der Waals surface area contributed by atoms with E-state index in [1.54, 1.807) is 0 Å². The normalized spacial score (nSPS) is 10.6. The zero-order valence-electron chi connectivity index (χ0n) is 10.5. The van der Waals surface area contributed by atoms with Crippen molar-refractivity contribution in [3.63, 3.8) is 0 Å². The van der Waals surface area contributed by atoms with Gasteiger partial charge in [0.25, 0.3) is 0 Å². The number of aromatic nitrogens is 1. The minimum Gasteiger partial charge on any atom is -0.476 e. The molecule has 0 saturated heterocycles. The fourth-order valence-electron chi connectivity index (χ4n) is 2.15. The molecule has 5 heteroatoms. The van der Waals surface area contributed by atoms with E-state index >= 15 is 0 Å². The van der Waals surface area contributed by atoms with Crippen LogP contribution >= 0.6 is 11.3 Å². The smallest absolute Gasteiger partial charge is 0.357 e. The third-order valence-electron chi connectivity index (χ3n) is 3.09. The first kappa shape index (κ1) is 12.6. The number of benzene rings is 2. The number of carboxylic acids is 1. The van der Waals surface area contributed by atoms with Crippen LogP contribution in [0.4, 0.5) is 5.00 Å². The summed E-state index contributed by atoms with van der Waals surface area (Å²) in [5, 5.41) is 15.1. The van der Waals surface area contributed by atoms with Gasteiger partial charge < -0.3 is 10.4 Å². The molecule has 100 valence electrons. The number of nitrogens with zero attached hydrogens (tertiary/aromatic N) is 1. The summed E-state index contributed by atoms with van der Waals surface area (Å²) in [6, 6.07) is 14.2. The standard InChI is InChI=1S/C15H12N2O2S/c18-15(19)13-14(20-9-17-13)16-8-11-6-3-5-10-4-1-2-7-12(10)11/h1-7,9,16H,8H2,(H,18,19). The Hall–Kier alpha value is -2.40. The van der Waals surface area contributed by atoms with E-state index in [-0.39, 0.29) is 5.69 Å². The molecule has 4 nitrogen and oxygen atoms in total. The van der Waals surface area contributed by atoms with Gasteiger partial charge in [-0.3, -0.25) is 0 Å². The first-order chi connectivity index (χ1) is 9.75. The molecule has 2 aromatic carbocycles. The van der Waals surface area contributed by atoms with E-state index in [0.29, 0.717) is 11.5 Å². The maximum absolute atomic E-state index is 11.0. The molecule has 0 aliphatic heterocycles. The molecule has 0 radical (unpaired) electrons. The van der Waals surface area contributed by atoms with E-state index in [2.05, 4.69) is 28.5 Å². The Morgan fingerprint density at radius 1 is 1.20 bits per heavy atom. The Morgan fingerprint density at radius 2 is 2.00 bits per heavy atom. The minimum absolute atomic E-state index is 0.0789. The molecule has 0 amide bonds. The molecular formula is C15H12N2O2S. The van der Waals surface area contributed by atoms with E-state index in [4.69, 9.17) is 5.11 Å². The van der Waals surface area contributed by atoms with Crippen molar-refractivity contribution in [1.82, 2.24) is 4.98 Å². The summed E-state index contributed by atoms with van der Waals surface area (Å²) in [5.41, 5.74) is 2.75. The molecule has 20 heavy (non-hydrogen) atoms. The van der Waals surface area contributed by atoms with Gasteiger partial charge in [0.2, 0.25) is 0 Å². The van der Waals surface area contributed by atoms with Crippen molar-refractivity contribution in [3.05, 3.63) is 59.2 Å². The molecule has 0 atom stereocenters. The lowest BCUT2D eigenvalue weighted by molar-refractivity contribution is 0.0692. The van der Waals surface area contributed by atoms with Crippen LogP contribution < -0.4 is 5.32 Å². The van der Waals surface area contributed by atoms with E-state index in [1.807, 2.05) is 24.3 Å². The monoisotopic (exact) mass is 284 g/mol. The molecular weight excluding hydrogens is 272 g/mol. The van der Waals surface area contributed by atoms with Crippen LogP contribution in [0.25, 0.3) is 10.8 Å². The largest absolute Gasteiger partial charge is 0.476 e. The van der Waals surface area contributed by atoms with E-state index in [0.717, 1.165) is 5.56 Å². The van der Waals surface area contributed by atoms with Crippen molar-refractivity contribution < 1.29 is 9.90 Å². The average Bonchev–Trinajstić information content (AvgIpc) is 2.93. The van der Waals surface area contributed by atoms with Gasteiger partial charge in [-0.2, -0.15) is 0 Å². The summed E-state index contributed by atoms with van der Waals surface area (Å²) in [6.07, 6.45) is 0. The van der Waals surface area contributed by atoms with E-state index in [9.17, 15) is 4.79 Å². The Labute approximate surface area is 119 Å². The van der Waals surface area contributed by atoms with Crippen LogP contribution in [-0.4, -0.2) is 16.1 Å². The van der Waals surface area contributed by atoms with Crippen LogP contribution in [0.1, 0.15) is 16.1 Å². The van der Waals surface area contributed by atoms with Crippen molar-refractivity contribution >= 4 is 33.1 Å². The van der Waals surface area contributed by atoms with Crippen molar-refractivity contribution in [3.8, 4) is 0 Å². The molecule has 3 aromatic rings. The lowest BCUT2D eigenvalue weighted by Crippen LogP contribution is -2.05. The highest BCUT2D eigenvalue weighted by atomic mass is 32.1. The van der Waals surface area contributed by atoms with Gasteiger partial charge in [-0.15, -0.1) is 11.3 Å². The van der Waals surface area contributed by atoms with Crippen molar-refractivity contribution in [2.24, 2.45) is 0 Å². The lowest BCUT2D eigenvalue weighted by Gasteiger charge is -2.08. The van der Waals surface area contributed by atoms with Crippen LogP contribution in [-0.2, 0) is 6.54 Å². The molecule has 1 heterocycles. The Bertz CT molecular complexity index is 762. The molecule has 0 spiro atoms. The molecule has 0 aliphatic carbocycles. The fourth-order valence-corrected chi connectivity index (χ4v) is 2.82. The van der Waals surface area contributed by atoms with Gasteiger partial charge in [-0.25, -0.2) is 9.78 Å². The van der Waals surface area contributed by atoms with Crippen molar-refractivity contribution in [2.75, 3.05) is 5.32 Å². The first-order valence-corrected chi connectivity index (χ1v) is 7.01. The highest BCUT2D eigenvalue weighted by molar-refractivity contribution is 7.14. The quantitative estimate of drug-likeness (QED) is 0.768. The predicted molar refractivity (Wildman–Crippen MR) is 80.3 cm³/mol. The van der Waals surface area contributed by atoms with Crippen LogP contribution in [0.2, 0.25) is 0 Å². The Morgan fingerprint density at radius 3 is 2.85 bits per heavy atom. The summed E-state index contributed by atoms with van der Waals surface area (Å²) < 4.78 is 0. The topological polar surface area (TPSA) is 62.2 Å². The van der Waals surface area contributed by atoms with Gasteiger partial charge in [0.1, 0.15) is 5.00 Å². The van der Waals surface area contributed by atoms with Gasteiger partial charge >= 0.3 is 5.97 Å². The van der Waals surface area contributed by atoms with Gasteiger partial charge in [0, 0.05) is 6.54 Å². The molecule has 0 unspecified atom stereocenters. The number of fused-ring (bicyclic) bond motifs is 1. The third-order valence-corrected chi connectivity index (χ3v) is 3.87. The molecule has 2 N–H and O–H groups in total. The van der Waals surface area contributed by atoms with Crippen molar-refractivity contribution in [1.29, 1.82) is 0 Å². The number of hydrogen-bond donors (Lipinski definition) is 2. The van der Waals surface area contributed by atoms with E-state index < -0.39 is 5.97 Å². The maximum Gasteiger partial charge on any atom is 0.357 e. The predicted octanol–water partition coefficient (Wildman–Crippen LogP) is 3.61. The number of hydrogen-bond acceptors (Lipinski definition) is 4. The number of nitrogens with one attached hydrogen (secondary N) is 1. The Kier molecular flexibility index (Phi) is 3.35. The summed E-state index contributed by atoms with van der Waals surface area (Å²) >= 11 is 1.30. The molecule has 1 aromatic heterocycles. The molecule has 0 aliphatic rings. The van der Waals surface area contributed by atoms with Gasteiger partial charge in [-0.05, 0) is 16.3 Å². The fraction of sp³-hybridized carbons (Fsp3) is 0.0667. The van der Waals surface area contributed by atoms with Crippen LogP contribution in [0, 0.1) is 0 Å². The van der Waals surface area contributed by atoms with E-state index in [1.165, 1.54) is 27.6 Å². The first-order valence-electron chi connectivity index (χ1n) is 6.13. The van der Waals surface area contributed by atoms with Gasteiger partial charge in [-0.1, -0.05) is 42.5 Å². The SMILES string of the molecule is O=C(O)c1ncsc1NCc1cccc2ccccc12. The second-order valence-corrected chi connectivity index (χ2v) is 5.18. The molecule has 0 fully saturated rings. The molecule has 0 saturated carbocycles. The summed E-state index contributed by atoms with van der Waals surface area (Å²) in [7, 11) is 0. The summed E-state index contributed by atoms with van der Waals surface area (Å²) in [6.45, 7) is 0.573. The summed E-state index contributed by atoms with van der Waals surface area (Å²) in [4.78, 5) is 14.9. The van der Waals surface area contributed by atoms with Crippen LogP contribution in [0.3, 0.4) is 0 Å². The van der Waals surface area contributed by atoms with Crippen LogP contribution in [0.5, 0.6) is 0 Å². The highest BCUT2D eigenvalue weighted by Gasteiger charge is 2.13. The van der Waals surface area contributed by atoms with Gasteiger partial charge in [0.15, 0.2) is 5.69 Å². The highest BCUT2D eigenvalue weighted by Crippen LogP contribution is 2.23. The number of carbonyl (C=O) groups is 1. The lowest BCUT2D eigenvalue weighted by atomic mass is 10.0. The zero-order chi connectivity index (χ0) is 13.9. The maximum atomic E-state index is 11.0. The number of carboxylic acid groups (broad SMARTS) is 1. The van der Waals surface area contributed by atoms with Gasteiger partial charge in [0.05, 0.1) is 5.51 Å². The Balaban J connectivity index is 1.87. The number of aromatic carboxylic acids is 1. The average molecular weight is 284 g/mol. The molecule has 0 bridgehead atoms. The molecule has 3 rings (SSSR count). The van der Waals surface area contributed by atoms with Crippen molar-refractivity contribution in [2.45, 2.75) is 6.54 Å². The second-order valence-electron chi connectivity index (χ2n) is 4.33. The van der Waals surface area contributed by atoms with Crippen LogP contribution in [0.15, 0.2) is 48.0 Å². The summed E-state index contributed by atoms with van der Waals surface area (Å²) in [5.74, 6) is -1.01. The minimum atomic E-state index is -1.01. The zero-order valence-corrected chi connectivity index (χ0v) is 11.4. The number of rotatable bonds is 4. The number of thiazole rings is 1. The third kappa shape index (κ3) is 2.35. The number of anilines is 1. The second kappa shape index (κ2) is 5.30.